The van der Waals surface area contributed by atoms with Gasteiger partial charge in [0.05, 0.1) is 0 Å². The lowest BCUT2D eigenvalue weighted by molar-refractivity contribution is -0.159. The maximum Gasteiger partial charge on any atom is 0.182 e. The Kier molecular flexibility index (Phi) is 14.9. The first-order chi connectivity index (χ1) is 13.1. The lowest BCUT2D eigenvalue weighted by atomic mass is 10.4. The Labute approximate surface area is 177 Å². The van der Waals surface area contributed by atoms with E-state index in [1.165, 1.54) is 0 Å². The van der Waals surface area contributed by atoms with Crippen molar-refractivity contribution in [3.63, 3.8) is 0 Å². The van der Waals surface area contributed by atoms with Crippen LogP contribution in [0.2, 0.25) is 0 Å². The van der Waals surface area contributed by atoms with Crippen molar-refractivity contribution in [3.8, 4) is 0 Å². The van der Waals surface area contributed by atoms with E-state index >= 15 is 0 Å². The Hall–Kier alpha value is 0.620. The number of rotatable bonds is 17. The summed E-state index contributed by atoms with van der Waals surface area (Å²) in [5.74, 6) is 0.444. The van der Waals surface area contributed by atoms with Crippen LogP contribution in [-0.4, -0.2) is 66.8 Å². The van der Waals surface area contributed by atoms with Crippen molar-refractivity contribution in [3.05, 3.63) is 0 Å². The highest BCUT2D eigenvalue weighted by molar-refractivity contribution is 7.41. The molecule has 0 saturated heterocycles. The minimum absolute atomic E-state index is 0.0185. The molecule has 5 atom stereocenters. The minimum atomic E-state index is -0.584. The molecule has 0 aliphatic rings. The summed E-state index contributed by atoms with van der Waals surface area (Å²) in [6.45, 7) is 23.9. The zero-order chi connectivity index (χ0) is 21.8. The summed E-state index contributed by atoms with van der Waals surface area (Å²) in [6, 6.07) is 0. The topological polar surface area (TPSA) is 49.4 Å². The van der Waals surface area contributed by atoms with E-state index in [2.05, 4.69) is 25.7 Å². The Bertz CT molecular complexity index is 361. The Morgan fingerprint density at radius 3 is 1.21 bits per heavy atom. The molecule has 0 radical (unpaired) electrons. The molecule has 0 aromatic heterocycles. The highest BCUT2D eigenvalue weighted by Gasteiger charge is 2.37. The average Bonchev–Trinajstić information content (AvgIpc) is 2.55. The van der Waals surface area contributed by atoms with E-state index in [-0.39, 0.29) is 17.8 Å². The van der Waals surface area contributed by atoms with Gasteiger partial charge in [0.2, 0.25) is 0 Å². The van der Waals surface area contributed by atoms with Crippen LogP contribution in [-0.2, 0) is 23.7 Å². The van der Waals surface area contributed by atoms with Crippen molar-refractivity contribution < 1.29 is 23.7 Å². The van der Waals surface area contributed by atoms with Crippen molar-refractivity contribution in [1.82, 2.24) is 4.90 Å². The van der Waals surface area contributed by atoms with Gasteiger partial charge in [0.25, 0.3) is 0 Å². The van der Waals surface area contributed by atoms with E-state index in [1.807, 2.05) is 48.5 Å². The number of nitrogens with zero attached hydrogens (tertiary/aromatic N) is 1. The molecule has 0 rings (SSSR count). The maximum absolute atomic E-state index is 5.99. The fourth-order valence-electron chi connectivity index (χ4n) is 3.55. The van der Waals surface area contributed by atoms with E-state index in [4.69, 9.17) is 23.7 Å². The lowest BCUT2D eigenvalue weighted by Gasteiger charge is -2.44. The molecule has 0 N–H and O–H groups in total. The van der Waals surface area contributed by atoms with Crippen LogP contribution in [0.5, 0.6) is 0 Å². The van der Waals surface area contributed by atoms with Gasteiger partial charge in [-0.25, -0.2) is 0 Å². The molecule has 0 bridgehead atoms. The van der Waals surface area contributed by atoms with E-state index in [0.29, 0.717) is 50.2 Å². The van der Waals surface area contributed by atoms with E-state index in [9.17, 15) is 0 Å². The van der Waals surface area contributed by atoms with E-state index in [0.717, 1.165) is 0 Å². The zero-order valence-corrected chi connectivity index (χ0v) is 21.8. The van der Waals surface area contributed by atoms with Gasteiger partial charge in [0, 0.05) is 44.6 Å². The van der Waals surface area contributed by atoms with Crippen LogP contribution in [0.4, 0.5) is 0 Å². The fourth-order valence-corrected chi connectivity index (χ4v) is 7.29. The molecule has 6 nitrogen and oxygen atoms in total. The van der Waals surface area contributed by atoms with E-state index in [1.54, 1.807) is 0 Å². The van der Waals surface area contributed by atoms with Crippen molar-refractivity contribution in [1.29, 1.82) is 0 Å². The van der Waals surface area contributed by atoms with E-state index < -0.39 is 11.1 Å². The van der Waals surface area contributed by atoms with Crippen LogP contribution in [0.15, 0.2) is 0 Å². The van der Waals surface area contributed by atoms with Gasteiger partial charge in [0.15, 0.2) is 11.1 Å². The molecule has 0 aliphatic heterocycles. The van der Waals surface area contributed by atoms with Gasteiger partial charge in [-0.3, -0.25) is 4.90 Å². The second kappa shape index (κ2) is 14.6. The van der Waals surface area contributed by atoms with Gasteiger partial charge < -0.3 is 23.7 Å². The van der Waals surface area contributed by atoms with Gasteiger partial charge >= 0.3 is 0 Å². The summed E-state index contributed by atoms with van der Waals surface area (Å²) in [5.41, 5.74) is -1.17. The first kappa shape index (κ1) is 28.6. The molecule has 8 heteroatoms. The van der Waals surface area contributed by atoms with Crippen LogP contribution in [0, 0.1) is 0 Å². The minimum Gasteiger partial charge on any atom is -0.364 e. The lowest BCUT2D eigenvalue weighted by Crippen LogP contribution is -2.47. The Morgan fingerprint density at radius 1 is 0.643 bits per heavy atom. The molecule has 170 valence electrons. The quantitative estimate of drug-likeness (QED) is 0.228. The zero-order valence-electron chi connectivity index (χ0n) is 19.8. The van der Waals surface area contributed by atoms with Crippen LogP contribution in [0.1, 0.15) is 69.2 Å². The summed E-state index contributed by atoms with van der Waals surface area (Å²) >= 11 is 0. The number of hydrogen-bond acceptors (Lipinski definition) is 6. The van der Waals surface area contributed by atoms with Gasteiger partial charge in [-0.1, -0.05) is 0 Å². The van der Waals surface area contributed by atoms with Crippen LogP contribution < -0.4 is 0 Å². The smallest absolute Gasteiger partial charge is 0.182 e. The molecule has 0 aromatic carbocycles. The predicted molar refractivity (Wildman–Crippen MR) is 122 cm³/mol. The van der Waals surface area contributed by atoms with Crippen molar-refractivity contribution in [2.45, 2.75) is 98.1 Å². The summed E-state index contributed by atoms with van der Waals surface area (Å²) < 4.78 is 29.8. The standard InChI is InChI=1S/C20H45NO5P2/c1-11-22-16(6)21(17(7)27-19(9,23-12-2)24-13-3)18(8)28-20(10,25-14-4)26-15-5/h16-18,27-28H,11-15H2,1-10H3. The van der Waals surface area contributed by atoms with Crippen LogP contribution in [0.25, 0.3) is 0 Å². The third-order valence-corrected chi connectivity index (χ3v) is 7.40. The molecule has 0 fully saturated rings. The molecular weight excluding hydrogens is 396 g/mol. The second-order valence-corrected chi connectivity index (χ2v) is 10.8. The summed E-state index contributed by atoms with van der Waals surface area (Å²) in [6.07, 6.45) is -0.0185. The highest BCUT2D eigenvalue weighted by Crippen LogP contribution is 2.46. The van der Waals surface area contributed by atoms with Gasteiger partial charge in [-0.05, 0) is 86.4 Å². The van der Waals surface area contributed by atoms with Crippen molar-refractivity contribution >= 4 is 17.2 Å². The number of ether oxygens (including phenoxy) is 5. The summed E-state index contributed by atoms with van der Waals surface area (Å²) in [5, 5.41) is 0. The molecule has 5 unspecified atom stereocenters. The number of hydrogen-bond donors (Lipinski definition) is 0. The monoisotopic (exact) mass is 441 g/mol. The fraction of sp³-hybridized carbons (Fsp3) is 1.00. The van der Waals surface area contributed by atoms with Crippen LogP contribution >= 0.6 is 17.2 Å². The van der Waals surface area contributed by atoms with Crippen LogP contribution in [0.3, 0.4) is 0 Å². The van der Waals surface area contributed by atoms with Gasteiger partial charge in [0.1, 0.15) is 6.23 Å². The molecular formula is C20H45NO5P2. The maximum atomic E-state index is 5.99. The Balaban J connectivity index is 5.49. The highest BCUT2D eigenvalue weighted by atomic mass is 31.1. The molecule has 0 spiro atoms. The first-order valence-electron chi connectivity index (χ1n) is 10.6. The molecule has 28 heavy (non-hydrogen) atoms. The third kappa shape index (κ3) is 10.1. The third-order valence-electron chi connectivity index (χ3n) is 4.34. The second-order valence-electron chi connectivity index (χ2n) is 6.77. The largest absolute Gasteiger partial charge is 0.364 e. The molecule has 0 heterocycles. The van der Waals surface area contributed by atoms with Gasteiger partial charge in [-0.15, -0.1) is 0 Å². The van der Waals surface area contributed by atoms with Crippen molar-refractivity contribution in [2.75, 3.05) is 33.0 Å². The predicted octanol–water partition coefficient (Wildman–Crippen LogP) is 5.21. The molecule has 0 aromatic rings. The van der Waals surface area contributed by atoms with Crippen molar-refractivity contribution in [2.24, 2.45) is 0 Å². The van der Waals surface area contributed by atoms with Gasteiger partial charge in [-0.2, -0.15) is 0 Å². The summed E-state index contributed by atoms with van der Waals surface area (Å²) in [7, 11) is 0.893. The molecule has 0 amide bonds. The molecule has 0 aliphatic carbocycles. The SMILES string of the molecule is CCOC(C)N(C(C)PC(C)(OCC)OCC)C(C)PC(C)(OCC)OCC. The Morgan fingerprint density at radius 2 is 0.964 bits per heavy atom. The first-order valence-corrected chi connectivity index (χ1v) is 12.8. The summed E-state index contributed by atoms with van der Waals surface area (Å²) in [4.78, 5) is 2.41. The molecule has 0 saturated carbocycles. The average molecular weight is 442 g/mol. The normalized spacial score (nSPS) is 17.2.